The first-order valence-electron chi connectivity index (χ1n) is 6.59. The molecule has 0 bridgehead atoms. The second kappa shape index (κ2) is 5.63. The maximum absolute atomic E-state index is 11.8. The van der Waals surface area contributed by atoms with Gasteiger partial charge in [0.1, 0.15) is 0 Å². The molecule has 0 amide bonds. The van der Waals surface area contributed by atoms with Crippen LogP contribution in [0.2, 0.25) is 0 Å². The molecule has 1 unspecified atom stereocenters. The van der Waals surface area contributed by atoms with Crippen molar-refractivity contribution in [1.29, 1.82) is 0 Å². The molecule has 1 aromatic rings. The van der Waals surface area contributed by atoms with Crippen molar-refractivity contribution in [2.24, 2.45) is 11.7 Å². The van der Waals surface area contributed by atoms with Crippen LogP contribution in [0.3, 0.4) is 0 Å². The van der Waals surface area contributed by atoms with Crippen molar-refractivity contribution in [3.05, 3.63) is 35.4 Å². The highest BCUT2D eigenvalue weighted by atomic mass is 32.2. The van der Waals surface area contributed by atoms with E-state index in [2.05, 4.69) is 13.8 Å². The highest BCUT2D eigenvalue weighted by molar-refractivity contribution is 7.92. The molecule has 2 N–H and O–H groups in total. The predicted molar refractivity (Wildman–Crippen MR) is 80.8 cm³/mol. The smallest absolute Gasteiger partial charge is 0.154 e. The van der Waals surface area contributed by atoms with Gasteiger partial charge in [0, 0.05) is 12.3 Å². The van der Waals surface area contributed by atoms with Crippen LogP contribution in [0.5, 0.6) is 0 Å². The second-order valence-electron chi connectivity index (χ2n) is 6.19. The average Bonchev–Trinajstić information content (AvgIpc) is 2.26. The summed E-state index contributed by atoms with van der Waals surface area (Å²) in [6.07, 6.45) is 2.25. The first kappa shape index (κ1) is 16.2. The van der Waals surface area contributed by atoms with Crippen LogP contribution in [-0.4, -0.2) is 19.4 Å². The standard InChI is InChI=1S/C15H25NO2S/c1-11(2)10-12-6-8-13(9-7-12)14(16)15(3,4)19(5,17)18/h6-9,11,14H,10,16H2,1-5H3. The average molecular weight is 283 g/mol. The minimum Gasteiger partial charge on any atom is -0.323 e. The lowest BCUT2D eigenvalue weighted by Gasteiger charge is -2.30. The summed E-state index contributed by atoms with van der Waals surface area (Å²) in [5, 5.41) is 0. The van der Waals surface area contributed by atoms with Crippen LogP contribution in [0.4, 0.5) is 0 Å². The molecule has 0 heterocycles. The van der Waals surface area contributed by atoms with Gasteiger partial charge in [0.05, 0.1) is 4.75 Å². The van der Waals surface area contributed by atoms with Gasteiger partial charge in [-0.15, -0.1) is 0 Å². The van der Waals surface area contributed by atoms with Gasteiger partial charge in [-0.2, -0.15) is 0 Å². The van der Waals surface area contributed by atoms with E-state index < -0.39 is 20.6 Å². The molecule has 1 atom stereocenters. The highest BCUT2D eigenvalue weighted by Crippen LogP contribution is 2.30. The molecule has 0 saturated carbocycles. The lowest BCUT2D eigenvalue weighted by molar-refractivity contribution is 0.496. The molecule has 0 saturated heterocycles. The Hall–Kier alpha value is -0.870. The zero-order valence-electron chi connectivity index (χ0n) is 12.5. The van der Waals surface area contributed by atoms with Crippen molar-refractivity contribution in [2.45, 2.75) is 44.9 Å². The molecular formula is C15H25NO2S. The van der Waals surface area contributed by atoms with Gasteiger partial charge >= 0.3 is 0 Å². The summed E-state index contributed by atoms with van der Waals surface area (Å²) in [6.45, 7) is 7.70. The van der Waals surface area contributed by atoms with Gasteiger partial charge in [-0.05, 0) is 37.3 Å². The van der Waals surface area contributed by atoms with Crippen LogP contribution >= 0.6 is 0 Å². The highest BCUT2D eigenvalue weighted by Gasteiger charge is 2.37. The van der Waals surface area contributed by atoms with E-state index in [4.69, 9.17) is 5.73 Å². The SMILES string of the molecule is CC(C)Cc1ccc(C(N)C(C)(C)S(C)(=O)=O)cc1. The van der Waals surface area contributed by atoms with E-state index in [1.807, 2.05) is 24.3 Å². The number of hydrogen-bond donors (Lipinski definition) is 1. The fourth-order valence-corrected chi connectivity index (χ4v) is 2.56. The zero-order chi connectivity index (χ0) is 14.8. The summed E-state index contributed by atoms with van der Waals surface area (Å²) in [5.74, 6) is 0.604. The fraction of sp³-hybridized carbons (Fsp3) is 0.600. The molecule has 0 aliphatic heterocycles. The van der Waals surface area contributed by atoms with E-state index in [1.165, 1.54) is 11.8 Å². The predicted octanol–water partition coefficient (Wildman–Crippen LogP) is 2.71. The lowest BCUT2D eigenvalue weighted by atomic mass is 9.94. The van der Waals surface area contributed by atoms with Crippen LogP contribution in [0.15, 0.2) is 24.3 Å². The third kappa shape index (κ3) is 3.80. The molecule has 1 aromatic carbocycles. The minimum absolute atomic E-state index is 0.518. The largest absolute Gasteiger partial charge is 0.323 e. The Morgan fingerprint density at radius 3 is 2.00 bits per heavy atom. The number of sulfone groups is 1. The minimum atomic E-state index is -3.20. The topological polar surface area (TPSA) is 60.2 Å². The van der Waals surface area contributed by atoms with Gasteiger partial charge in [0.15, 0.2) is 9.84 Å². The van der Waals surface area contributed by atoms with Crippen LogP contribution in [0.1, 0.15) is 44.9 Å². The first-order chi connectivity index (χ1) is 8.55. The third-order valence-electron chi connectivity index (χ3n) is 3.69. The van der Waals surface area contributed by atoms with Gasteiger partial charge in [-0.3, -0.25) is 0 Å². The van der Waals surface area contributed by atoms with Crippen molar-refractivity contribution in [3.63, 3.8) is 0 Å². The first-order valence-corrected chi connectivity index (χ1v) is 8.49. The van der Waals surface area contributed by atoms with Crippen molar-refractivity contribution in [2.75, 3.05) is 6.26 Å². The Bertz CT molecular complexity index is 516. The Balaban J connectivity index is 2.99. The molecule has 1 rings (SSSR count). The van der Waals surface area contributed by atoms with E-state index in [9.17, 15) is 8.42 Å². The summed E-state index contributed by atoms with van der Waals surface area (Å²) in [6, 6.07) is 7.43. The van der Waals surface area contributed by atoms with Gasteiger partial charge < -0.3 is 5.73 Å². The van der Waals surface area contributed by atoms with Crippen LogP contribution < -0.4 is 5.73 Å². The second-order valence-corrected chi connectivity index (χ2v) is 8.79. The van der Waals surface area contributed by atoms with Crippen LogP contribution in [-0.2, 0) is 16.3 Å². The Labute approximate surface area is 117 Å². The maximum Gasteiger partial charge on any atom is 0.154 e. The molecule has 0 aliphatic carbocycles. The molecule has 108 valence electrons. The van der Waals surface area contributed by atoms with E-state index in [-0.39, 0.29) is 0 Å². The fourth-order valence-electron chi connectivity index (χ4n) is 1.96. The number of nitrogens with two attached hydrogens (primary N) is 1. The molecule has 3 nitrogen and oxygen atoms in total. The van der Waals surface area contributed by atoms with Crippen LogP contribution in [0.25, 0.3) is 0 Å². The Kier molecular flexibility index (Phi) is 4.80. The summed E-state index contributed by atoms with van der Waals surface area (Å²) in [4.78, 5) is 0. The van der Waals surface area contributed by atoms with E-state index in [1.54, 1.807) is 13.8 Å². The lowest BCUT2D eigenvalue weighted by Crippen LogP contribution is -2.42. The monoisotopic (exact) mass is 283 g/mol. The summed E-state index contributed by atoms with van der Waals surface area (Å²) < 4.78 is 22.6. The summed E-state index contributed by atoms with van der Waals surface area (Å²) >= 11 is 0. The summed E-state index contributed by atoms with van der Waals surface area (Å²) in [5.41, 5.74) is 8.25. The molecule has 4 heteroatoms. The molecular weight excluding hydrogens is 258 g/mol. The number of rotatable bonds is 5. The number of benzene rings is 1. The quantitative estimate of drug-likeness (QED) is 0.904. The zero-order valence-corrected chi connectivity index (χ0v) is 13.3. The van der Waals surface area contributed by atoms with E-state index in [0.29, 0.717) is 5.92 Å². The molecule has 19 heavy (non-hydrogen) atoms. The Morgan fingerprint density at radius 2 is 1.63 bits per heavy atom. The van der Waals surface area contributed by atoms with Crippen molar-refractivity contribution >= 4 is 9.84 Å². The maximum atomic E-state index is 11.8. The van der Waals surface area contributed by atoms with Gasteiger partial charge in [0.2, 0.25) is 0 Å². The molecule has 0 aromatic heterocycles. The molecule has 0 aliphatic rings. The van der Waals surface area contributed by atoms with Gasteiger partial charge in [-0.25, -0.2) is 8.42 Å². The van der Waals surface area contributed by atoms with Crippen molar-refractivity contribution < 1.29 is 8.42 Å². The Morgan fingerprint density at radius 1 is 1.16 bits per heavy atom. The molecule has 0 radical (unpaired) electrons. The third-order valence-corrected chi connectivity index (χ3v) is 5.85. The molecule has 0 fully saturated rings. The normalized spacial score (nSPS) is 14.7. The van der Waals surface area contributed by atoms with Gasteiger partial charge in [-0.1, -0.05) is 38.1 Å². The molecule has 0 spiro atoms. The summed E-state index contributed by atoms with van der Waals surface area (Å²) in [7, 11) is -3.20. The van der Waals surface area contributed by atoms with Crippen molar-refractivity contribution in [3.8, 4) is 0 Å². The van der Waals surface area contributed by atoms with E-state index in [0.717, 1.165) is 12.0 Å². The number of hydrogen-bond acceptors (Lipinski definition) is 3. The van der Waals surface area contributed by atoms with E-state index >= 15 is 0 Å². The van der Waals surface area contributed by atoms with Gasteiger partial charge in [0.25, 0.3) is 0 Å². The van der Waals surface area contributed by atoms with Crippen LogP contribution in [0, 0.1) is 5.92 Å². The van der Waals surface area contributed by atoms with Crippen molar-refractivity contribution in [1.82, 2.24) is 0 Å².